The van der Waals surface area contributed by atoms with Crippen LogP contribution >= 0.6 is 11.8 Å². The smallest absolute Gasteiger partial charge is 0.336 e. The lowest BCUT2D eigenvalue weighted by Crippen LogP contribution is -2.28. The molecule has 0 spiro atoms. The van der Waals surface area contributed by atoms with Crippen molar-refractivity contribution in [3.05, 3.63) is 65.7 Å². The molecule has 5 heteroatoms. The minimum Gasteiger partial charge on any atom is -0.478 e. The molecule has 0 aliphatic heterocycles. The first-order valence-electron chi connectivity index (χ1n) is 6.87. The largest absolute Gasteiger partial charge is 0.478 e. The Bertz CT molecular complexity index is 658. The SMILES string of the molecule is CC(NC(=O)CSc1ccccc1C(=O)O)c1ccccc1. The Morgan fingerprint density at radius 1 is 1.09 bits per heavy atom. The summed E-state index contributed by atoms with van der Waals surface area (Å²) in [5, 5.41) is 12.0. The van der Waals surface area contributed by atoms with Gasteiger partial charge in [-0.1, -0.05) is 42.5 Å². The Labute approximate surface area is 133 Å². The molecular weight excluding hydrogens is 298 g/mol. The van der Waals surface area contributed by atoms with Crippen LogP contribution in [0.1, 0.15) is 28.9 Å². The number of hydrogen-bond acceptors (Lipinski definition) is 3. The van der Waals surface area contributed by atoms with Gasteiger partial charge in [0.05, 0.1) is 17.4 Å². The highest BCUT2D eigenvalue weighted by atomic mass is 32.2. The van der Waals surface area contributed by atoms with Gasteiger partial charge in [0.1, 0.15) is 0 Å². The maximum Gasteiger partial charge on any atom is 0.336 e. The molecule has 1 amide bonds. The molecule has 22 heavy (non-hydrogen) atoms. The zero-order valence-corrected chi connectivity index (χ0v) is 13.0. The lowest BCUT2D eigenvalue weighted by atomic mass is 10.1. The van der Waals surface area contributed by atoms with Crippen LogP contribution in [0.2, 0.25) is 0 Å². The van der Waals surface area contributed by atoms with Crippen LogP contribution in [0, 0.1) is 0 Å². The van der Waals surface area contributed by atoms with E-state index in [1.165, 1.54) is 17.8 Å². The first kappa shape index (κ1) is 16.1. The Morgan fingerprint density at radius 2 is 1.73 bits per heavy atom. The normalized spacial score (nSPS) is 11.7. The van der Waals surface area contributed by atoms with Gasteiger partial charge >= 0.3 is 5.97 Å². The Kier molecular flexibility index (Phi) is 5.61. The van der Waals surface area contributed by atoms with Crippen LogP contribution in [0.25, 0.3) is 0 Å². The summed E-state index contributed by atoms with van der Waals surface area (Å²) < 4.78 is 0. The number of benzene rings is 2. The molecule has 0 saturated heterocycles. The second-order valence-electron chi connectivity index (χ2n) is 4.79. The lowest BCUT2D eigenvalue weighted by molar-refractivity contribution is -0.119. The number of rotatable bonds is 6. The van der Waals surface area contributed by atoms with Gasteiger partial charge in [0, 0.05) is 4.90 Å². The predicted molar refractivity (Wildman–Crippen MR) is 87.1 cm³/mol. The molecule has 2 N–H and O–H groups in total. The summed E-state index contributed by atoms with van der Waals surface area (Å²) in [4.78, 5) is 23.7. The van der Waals surface area contributed by atoms with Gasteiger partial charge in [-0.25, -0.2) is 4.79 Å². The highest BCUT2D eigenvalue weighted by Gasteiger charge is 2.13. The van der Waals surface area contributed by atoms with Crippen LogP contribution in [0.3, 0.4) is 0 Å². The number of carboxylic acids is 1. The molecule has 0 radical (unpaired) electrons. The first-order chi connectivity index (χ1) is 10.6. The third-order valence-electron chi connectivity index (χ3n) is 3.15. The lowest BCUT2D eigenvalue weighted by Gasteiger charge is -2.14. The van der Waals surface area contributed by atoms with Gasteiger partial charge in [-0.2, -0.15) is 0 Å². The van der Waals surface area contributed by atoms with Crippen molar-refractivity contribution >= 4 is 23.6 Å². The van der Waals surface area contributed by atoms with Gasteiger partial charge in [0.15, 0.2) is 0 Å². The summed E-state index contributed by atoms with van der Waals surface area (Å²) in [5.74, 6) is -0.927. The highest BCUT2D eigenvalue weighted by molar-refractivity contribution is 8.00. The summed E-state index contributed by atoms with van der Waals surface area (Å²) >= 11 is 1.23. The van der Waals surface area contributed by atoms with Gasteiger partial charge in [0.25, 0.3) is 0 Å². The van der Waals surface area contributed by atoms with Crippen molar-refractivity contribution in [2.24, 2.45) is 0 Å². The predicted octanol–water partition coefficient (Wildman–Crippen LogP) is 3.35. The van der Waals surface area contributed by atoms with Crippen molar-refractivity contribution in [3.63, 3.8) is 0 Å². The molecule has 1 atom stereocenters. The number of nitrogens with one attached hydrogen (secondary N) is 1. The van der Waals surface area contributed by atoms with E-state index in [9.17, 15) is 9.59 Å². The topological polar surface area (TPSA) is 66.4 Å². The first-order valence-corrected chi connectivity index (χ1v) is 7.86. The van der Waals surface area contributed by atoms with Crippen LogP contribution in [0.4, 0.5) is 0 Å². The number of thioether (sulfide) groups is 1. The molecule has 0 aromatic heterocycles. The van der Waals surface area contributed by atoms with Gasteiger partial charge < -0.3 is 10.4 Å². The van der Waals surface area contributed by atoms with Gasteiger partial charge in [-0.05, 0) is 24.6 Å². The molecule has 0 aliphatic rings. The molecule has 0 heterocycles. The van der Waals surface area contributed by atoms with Crippen molar-refractivity contribution in [3.8, 4) is 0 Å². The molecule has 4 nitrogen and oxygen atoms in total. The number of carboxylic acid groups (broad SMARTS) is 1. The molecule has 0 fully saturated rings. The van der Waals surface area contributed by atoms with Crippen LogP contribution in [-0.2, 0) is 4.79 Å². The molecule has 0 bridgehead atoms. The fraction of sp³-hybridized carbons (Fsp3) is 0.176. The van der Waals surface area contributed by atoms with Crippen LogP contribution < -0.4 is 5.32 Å². The molecule has 2 rings (SSSR count). The van der Waals surface area contributed by atoms with E-state index in [1.807, 2.05) is 37.3 Å². The van der Waals surface area contributed by atoms with Crippen LogP contribution in [0.5, 0.6) is 0 Å². The Balaban J connectivity index is 1.92. The molecule has 2 aromatic rings. The molecule has 0 saturated carbocycles. The van der Waals surface area contributed by atoms with Crippen LogP contribution in [-0.4, -0.2) is 22.7 Å². The molecule has 2 aromatic carbocycles. The molecular formula is C17H17NO3S. The van der Waals surface area contributed by atoms with E-state index in [0.717, 1.165) is 5.56 Å². The third kappa shape index (κ3) is 4.36. The number of aromatic carboxylic acids is 1. The molecule has 114 valence electrons. The second-order valence-corrected chi connectivity index (χ2v) is 5.81. The number of amides is 1. The van der Waals surface area contributed by atoms with E-state index in [2.05, 4.69) is 5.32 Å². The quantitative estimate of drug-likeness (QED) is 0.802. The summed E-state index contributed by atoms with van der Waals surface area (Å²) in [6, 6.07) is 16.3. The van der Waals surface area contributed by atoms with E-state index in [-0.39, 0.29) is 23.3 Å². The van der Waals surface area contributed by atoms with Crippen LogP contribution in [0.15, 0.2) is 59.5 Å². The van der Waals surface area contributed by atoms with Crippen molar-refractivity contribution in [2.75, 3.05) is 5.75 Å². The van der Waals surface area contributed by atoms with E-state index < -0.39 is 5.97 Å². The van der Waals surface area contributed by atoms with E-state index in [0.29, 0.717) is 4.90 Å². The van der Waals surface area contributed by atoms with E-state index >= 15 is 0 Å². The van der Waals surface area contributed by atoms with E-state index in [4.69, 9.17) is 5.11 Å². The number of hydrogen-bond donors (Lipinski definition) is 2. The standard InChI is InChI=1S/C17H17NO3S/c1-12(13-7-3-2-4-8-13)18-16(19)11-22-15-10-6-5-9-14(15)17(20)21/h2-10,12H,11H2,1H3,(H,18,19)(H,20,21). The number of carbonyl (C=O) groups is 2. The third-order valence-corrected chi connectivity index (χ3v) is 4.23. The van der Waals surface area contributed by atoms with Crippen molar-refractivity contribution < 1.29 is 14.7 Å². The monoisotopic (exact) mass is 315 g/mol. The minimum atomic E-state index is -0.985. The average Bonchev–Trinajstić information content (AvgIpc) is 2.54. The zero-order valence-electron chi connectivity index (χ0n) is 12.2. The maximum absolute atomic E-state index is 12.0. The van der Waals surface area contributed by atoms with E-state index in [1.54, 1.807) is 18.2 Å². The van der Waals surface area contributed by atoms with Crippen molar-refractivity contribution in [1.29, 1.82) is 0 Å². The summed E-state index contributed by atoms with van der Waals surface area (Å²) in [5.41, 5.74) is 1.25. The van der Waals surface area contributed by atoms with Crippen molar-refractivity contribution in [1.82, 2.24) is 5.32 Å². The molecule has 1 unspecified atom stereocenters. The summed E-state index contributed by atoms with van der Waals surface area (Å²) in [6.45, 7) is 1.92. The maximum atomic E-state index is 12.0. The fourth-order valence-electron chi connectivity index (χ4n) is 2.02. The Hall–Kier alpha value is -2.27. The van der Waals surface area contributed by atoms with Gasteiger partial charge in [-0.15, -0.1) is 11.8 Å². The highest BCUT2D eigenvalue weighted by Crippen LogP contribution is 2.22. The summed E-state index contributed by atoms with van der Waals surface area (Å²) in [6.07, 6.45) is 0. The summed E-state index contributed by atoms with van der Waals surface area (Å²) in [7, 11) is 0. The zero-order chi connectivity index (χ0) is 15.9. The minimum absolute atomic E-state index is 0.0796. The molecule has 0 aliphatic carbocycles. The Morgan fingerprint density at radius 3 is 2.41 bits per heavy atom. The van der Waals surface area contributed by atoms with Crippen molar-refractivity contribution in [2.45, 2.75) is 17.9 Å². The van der Waals surface area contributed by atoms with Gasteiger partial charge in [0.2, 0.25) is 5.91 Å². The second kappa shape index (κ2) is 7.66. The fourth-order valence-corrected chi connectivity index (χ4v) is 2.88. The average molecular weight is 315 g/mol. The number of carbonyl (C=O) groups excluding carboxylic acids is 1. The van der Waals surface area contributed by atoms with Gasteiger partial charge in [-0.3, -0.25) is 4.79 Å².